The summed E-state index contributed by atoms with van der Waals surface area (Å²) in [6, 6.07) is 8.35. The average Bonchev–Trinajstić information content (AvgIpc) is 2.30. The van der Waals surface area contributed by atoms with Gasteiger partial charge in [0.15, 0.2) is 5.76 Å². The standard InChI is InChI=1S/C13H16O3/c1-14-12(13(15-2)16-3)11-8-9-6-4-5-7-10(9)11/h4-7,11H,8H2,1-3H3. The molecule has 0 aliphatic heterocycles. The smallest absolute Gasteiger partial charge is 0.319 e. The summed E-state index contributed by atoms with van der Waals surface area (Å²) >= 11 is 0. The second-order valence-electron chi connectivity index (χ2n) is 3.72. The van der Waals surface area contributed by atoms with Gasteiger partial charge in [0.1, 0.15) is 0 Å². The van der Waals surface area contributed by atoms with E-state index < -0.39 is 0 Å². The molecule has 1 aromatic rings. The van der Waals surface area contributed by atoms with Crippen LogP contribution < -0.4 is 0 Å². The Morgan fingerprint density at radius 1 is 1.06 bits per heavy atom. The van der Waals surface area contributed by atoms with Crippen molar-refractivity contribution in [2.75, 3.05) is 21.3 Å². The van der Waals surface area contributed by atoms with E-state index in [-0.39, 0.29) is 5.92 Å². The van der Waals surface area contributed by atoms with Crippen molar-refractivity contribution in [1.29, 1.82) is 0 Å². The van der Waals surface area contributed by atoms with E-state index in [1.807, 2.05) is 6.07 Å². The molecule has 0 radical (unpaired) electrons. The first-order valence-electron chi connectivity index (χ1n) is 5.25. The summed E-state index contributed by atoms with van der Waals surface area (Å²) in [6.07, 6.45) is 0.982. The lowest BCUT2D eigenvalue weighted by molar-refractivity contribution is 0.0623. The average molecular weight is 220 g/mol. The maximum absolute atomic E-state index is 5.38. The molecule has 3 nitrogen and oxygen atoms in total. The van der Waals surface area contributed by atoms with E-state index in [9.17, 15) is 0 Å². The Morgan fingerprint density at radius 2 is 1.75 bits per heavy atom. The topological polar surface area (TPSA) is 27.7 Å². The number of ether oxygens (including phenoxy) is 3. The molecule has 1 aliphatic rings. The number of allylic oxidation sites excluding steroid dienone is 1. The van der Waals surface area contributed by atoms with Crippen LogP contribution in [0, 0.1) is 0 Å². The minimum Gasteiger partial charge on any atom is -0.493 e. The van der Waals surface area contributed by atoms with Gasteiger partial charge in [-0.05, 0) is 17.5 Å². The fourth-order valence-electron chi connectivity index (χ4n) is 2.15. The molecule has 1 unspecified atom stereocenters. The summed E-state index contributed by atoms with van der Waals surface area (Å²) in [5.41, 5.74) is 2.67. The van der Waals surface area contributed by atoms with E-state index in [1.165, 1.54) is 11.1 Å². The molecule has 0 amide bonds. The number of fused-ring (bicyclic) bond motifs is 1. The van der Waals surface area contributed by atoms with E-state index >= 15 is 0 Å². The van der Waals surface area contributed by atoms with Gasteiger partial charge in [-0.15, -0.1) is 0 Å². The molecule has 0 heterocycles. The fourth-order valence-corrected chi connectivity index (χ4v) is 2.15. The molecule has 86 valence electrons. The van der Waals surface area contributed by atoms with Crippen LogP contribution in [0.2, 0.25) is 0 Å². The molecule has 0 fully saturated rings. The number of methoxy groups -OCH3 is 3. The van der Waals surface area contributed by atoms with Gasteiger partial charge in [0.25, 0.3) is 0 Å². The second-order valence-corrected chi connectivity index (χ2v) is 3.72. The zero-order valence-corrected chi connectivity index (χ0v) is 9.82. The normalized spacial score (nSPS) is 16.8. The SMILES string of the molecule is COC(OC)=C(OC)C1Cc2ccccc21. The minimum absolute atomic E-state index is 0.260. The van der Waals surface area contributed by atoms with Crippen molar-refractivity contribution in [3.63, 3.8) is 0 Å². The molecular weight excluding hydrogens is 204 g/mol. The highest BCUT2D eigenvalue weighted by Gasteiger charge is 2.33. The van der Waals surface area contributed by atoms with E-state index in [1.54, 1.807) is 21.3 Å². The van der Waals surface area contributed by atoms with Crippen molar-refractivity contribution in [1.82, 2.24) is 0 Å². The van der Waals surface area contributed by atoms with E-state index in [0.717, 1.165) is 12.2 Å². The molecule has 0 saturated heterocycles. The Bertz CT molecular complexity index is 403. The van der Waals surface area contributed by atoms with Gasteiger partial charge in [0, 0.05) is 0 Å². The van der Waals surface area contributed by atoms with Crippen LogP contribution in [0.3, 0.4) is 0 Å². The monoisotopic (exact) mass is 220 g/mol. The summed E-state index contributed by atoms with van der Waals surface area (Å²) in [5, 5.41) is 0. The van der Waals surface area contributed by atoms with E-state index in [2.05, 4.69) is 18.2 Å². The number of hydrogen-bond acceptors (Lipinski definition) is 3. The molecule has 0 aromatic heterocycles. The Morgan fingerprint density at radius 3 is 2.31 bits per heavy atom. The molecule has 0 N–H and O–H groups in total. The van der Waals surface area contributed by atoms with Crippen molar-refractivity contribution < 1.29 is 14.2 Å². The summed E-state index contributed by atoms with van der Waals surface area (Å²) in [7, 11) is 4.82. The van der Waals surface area contributed by atoms with Gasteiger partial charge in [-0.3, -0.25) is 0 Å². The molecule has 0 saturated carbocycles. The Labute approximate surface area is 95.6 Å². The molecule has 1 atom stereocenters. The van der Waals surface area contributed by atoms with Crippen LogP contribution in [0.1, 0.15) is 17.0 Å². The highest BCUT2D eigenvalue weighted by atomic mass is 16.7. The Balaban J connectivity index is 2.31. The first-order valence-corrected chi connectivity index (χ1v) is 5.25. The highest BCUT2D eigenvalue weighted by Crippen LogP contribution is 2.41. The van der Waals surface area contributed by atoms with Gasteiger partial charge >= 0.3 is 5.95 Å². The van der Waals surface area contributed by atoms with Gasteiger partial charge in [0.2, 0.25) is 0 Å². The zero-order chi connectivity index (χ0) is 11.5. The summed E-state index contributed by atoms with van der Waals surface area (Å²) < 4.78 is 15.7. The molecule has 1 aromatic carbocycles. The number of hydrogen-bond donors (Lipinski definition) is 0. The van der Waals surface area contributed by atoms with Crippen LogP contribution >= 0.6 is 0 Å². The van der Waals surface area contributed by atoms with Crippen molar-refractivity contribution in [2.24, 2.45) is 0 Å². The summed E-state index contributed by atoms with van der Waals surface area (Å²) in [4.78, 5) is 0. The zero-order valence-electron chi connectivity index (χ0n) is 9.82. The predicted octanol–water partition coefficient (Wildman–Crippen LogP) is 2.43. The fraction of sp³-hybridized carbons (Fsp3) is 0.385. The molecular formula is C13H16O3. The van der Waals surface area contributed by atoms with Crippen molar-refractivity contribution in [3.8, 4) is 0 Å². The van der Waals surface area contributed by atoms with Crippen LogP contribution in [0.4, 0.5) is 0 Å². The van der Waals surface area contributed by atoms with E-state index in [0.29, 0.717) is 5.95 Å². The van der Waals surface area contributed by atoms with Crippen LogP contribution in [-0.2, 0) is 20.6 Å². The lowest BCUT2D eigenvalue weighted by Gasteiger charge is -2.31. The molecule has 2 rings (SSSR count). The van der Waals surface area contributed by atoms with Gasteiger partial charge in [0.05, 0.1) is 27.2 Å². The lowest BCUT2D eigenvalue weighted by Crippen LogP contribution is -2.21. The van der Waals surface area contributed by atoms with Crippen molar-refractivity contribution >= 4 is 0 Å². The Hall–Kier alpha value is -1.64. The molecule has 1 aliphatic carbocycles. The maximum atomic E-state index is 5.38. The van der Waals surface area contributed by atoms with Gasteiger partial charge in [-0.1, -0.05) is 24.3 Å². The van der Waals surface area contributed by atoms with Crippen LogP contribution in [0.5, 0.6) is 0 Å². The molecule has 0 bridgehead atoms. The summed E-state index contributed by atoms with van der Waals surface area (Å²) in [6.45, 7) is 0. The molecule has 3 heteroatoms. The predicted molar refractivity (Wildman–Crippen MR) is 60.9 cm³/mol. The number of rotatable bonds is 4. The van der Waals surface area contributed by atoms with Crippen molar-refractivity contribution in [2.45, 2.75) is 12.3 Å². The summed E-state index contributed by atoms with van der Waals surface area (Å²) in [5.74, 6) is 1.49. The lowest BCUT2D eigenvalue weighted by atomic mass is 9.76. The van der Waals surface area contributed by atoms with Crippen LogP contribution in [0.15, 0.2) is 36.0 Å². The first-order chi connectivity index (χ1) is 7.81. The first kappa shape index (κ1) is 10.9. The van der Waals surface area contributed by atoms with Crippen LogP contribution in [0.25, 0.3) is 0 Å². The quantitative estimate of drug-likeness (QED) is 0.729. The number of benzene rings is 1. The van der Waals surface area contributed by atoms with Gasteiger partial charge in [-0.25, -0.2) is 0 Å². The molecule has 16 heavy (non-hydrogen) atoms. The van der Waals surface area contributed by atoms with Crippen LogP contribution in [-0.4, -0.2) is 21.3 Å². The Kier molecular flexibility index (Phi) is 3.04. The highest BCUT2D eigenvalue weighted by molar-refractivity contribution is 5.44. The van der Waals surface area contributed by atoms with Gasteiger partial charge in [-0.2, -0.15) is 0 Å². The minimum atomic E-state index is 0.260. The van der Waals surface area contributed by atoms with E-state index in [4.69, 9.17) is 14.2 Å². The second kappa shape index (κ2) is 4.47. The third-order valence-corrected chi connectivity index (χ3v) is 2.96. The largest absolute Gasteiger partial charge is 0.493 e. The third-order valence-electron chi connectivity index (χ3n) is 2.96. The third kappa shape index (κ3) is 1.62. The maximum Gasteiger partial charge on any atom is 0.319 e. The van der Waals surface area contributed by atoms with Gasteiger partial charge < -0.3 is 14.2 Å². The van der Waals surface area contributed by atoms with Crippen molar-refractivity contribution in [3.05, 3.63) is 47.1 Å². The molecule has 0 spiro atoms.